The summed E-state index contributed by atoms with van der Waals surface area (Å²) in [6.45, 7) is 5.20. The van der Waals surface area contributed by atoms with Crippen molar-refractivity contribution in [1.82, 2.24) is 20.1 Å². The van der Waals surface area contributed by atoms with Crippen LogP contribution >= 0.6 is 34.4 Å². The van der Waals surface area contributed by atoms with Crippen LogP contribution in [-0.4, -0.2) is 57.5 Å². The zero-order valence-corrected chi connectivity index (χ0v) is 25.2. The second-order valence-electron chi connectivity index (χ2n) is 8.41. The average Bonchev–Trinajstić information content (AvgIpc) is 3.71. The van der Waals surface area contributed by atoms with Crippen LogP contribution in [0.3, 0.4) is 0 Å². The molecule has 1 aromatic carbocycles. The number of anilines is 1. The molecule has 4 aromatic rings. The highest BCUT2D eigenvalue weighted by Gasteiger charge is 2.27. The quantitative estimate of drug-likeness (QED) is 0.166. The molecule has 0 saturated heterocycles. The van der Waals surface area contributed by atoms with Crippen LogP contribution in [-0.2, 0) is 20.8 Å². The van der Waals surface area contributed by atoms with Gasteiger partial charge in [-0.15, -0.1) is 32.9 Å². The van der Waals surface area contributed by atoms with Crippen LogP contribution in [0.15, 0.2) is 46.9 Å². The van der Waals surface area contributed by atoms with Gasteiger partial charge < -0.3 is 20.1 Å². The lowest BCUT2D eigenvalue weighted by atomic mass is 10.1. The summed E-state index contributed by atoms with van der Waals surface area (Å²) < 4.78 is 25.5. The molecular weight excluding hydrogens is 606 g/mol. The van der Waals surface area contributed by atoms with Gasteiger partial charge in [0.15, 0.2) is 11.0 Å². The van der Waals surface area contributed by atoms with Gasteiger partial charge in [0, 0.05) is 5.69 Å². The van der Waals surface area contributed by atoms with E-state index in [4.69, 9.17) is 9.47 Å². The van der Waals surface area contributed by atoms with Crippen molar-refractivity contribution in [3.8, 4) is 5.69 Å². The number of nitrogens with zero attached hydrogens (tertiary/aromatic N) is 3. The third kappa shape index (κ3) is 7.21. The molecule has 0 saturated carbocycles. The van der Waals surface area contributed by atoms with Gasteiger partial charge in [0.1, 0.15) is 15.7 Å². The molecule has 3 aromatic heterocycles. The Morgan fingerprint density at radius 3 is 2.40 bits per heavy atom. The van der Waals surface area contributed by atoms with Crippen molar-refractivity contribution in [1.29, 1.82) is 0 Å². The fourth-order valence-corrected chi connectivity index (χ4v) is 6.26. The van der Waals surface area contributed by atoms with Gasteiger partial charge >= 0.3 is 11.9 Å². The first-order valence-corrected chi connectivity index (χ1v) is 15.3. The molecule has 0 unspecified atom stereocenters. The van der Waals surface area contributed by atoms with E-state index in [1.165, 1.54) is 35.6 Å². The minimum absolute atomic E-state index is 0.0296. The van der Waals surface area contributed by atoms with E-state index in [0.717, 1.165) is 23.1 Å². The summed E-state index contributed by atoms with van der Waals surface area (Å²) in [5.74, 6) is -2.25. The molecule has 2 amide bonds. The molecule has 11 nitrogen and oxygen atoms in total. The van der Waals surface area contributed by atoms with Gasteiger partial charge in [-0.2, -0.15) is 0 Å². The Morgan fingerprint density at radius 1 is 1.02 bits per heavy atom. The van der Waals surface area contributed by atoms with Gasteiger partial charge in [-0.1, -0.05) is 17.8 Å². The Bertz CT molecular complexity index is 1580. The Morgan fingerprint density at radius 2 is 1.74 bits per heavy atom. The van der Waals surface area contributed by atoms with E-state index in [9.17, 15) is 23.6 Å². The van der Waals surface area contributed by atoms with Gasteiger partial charge in [0.2, 0.25) is 5.91 Å². The van der Waals surface area contributed by atoms with Crippen LogP contribution in [0.2, 0.25) is 0 Å². The minimum Gasteiger partial charge on any atom is -0.462 e. The van der Waals surface area contributed by atoms with Crippen molar-refractivity contribution >= 4 is 63.2 Å². The van der Waals surface area contributed by atoms with E-state index in [-0.39, 0.29) is 46.9 Å². The van der Waals surface area contributed by atoms with Crippen LogP contribution in [0, 0.1) is 12.7 Å². The molecule has 3 heterocycles. The molecule has 0 aliphatic heterocycles. The summed E-state index contributed by atoms with van der Waals surface area (Å²) in [6, 6.07) is 9.09. The number of rotatable bonds is 12. The maximum absolute atomic E-state index is 13.6. The van der Waals surface area contributed by atoms with Gasteiger partial charge in [0.25, 0.3) is 5.91 Å². The lowest BCUT2D eigenvalue weighted by Gasteiger charge is -2.11. The fourth-order valence-electron chi connectivity index (χ4n) is 3.75. The predicted octanol–water partition coefficient (Wildman–Crippen LogP) is 4.85. The van der Waals surface area contributed by atoms with Crippen LogP contribution in [0.5, 0.6) is 0 Å². The molecule has 42 heavy (non-hydrogen) atoms. The maximum atomic E-state index is 13.6. The Kier molecular flexibility index (Phi) is 10.4. The van der Waals surface area contributed by atoms with Gasteiger partial charge in [-0.25, -0.2) is 14.0 Å². The Hall–Kier alpha value is -4.08. The Labute approximate surface area is 252 Å². The second kappa shape index (κ2) is 14.2. The topological polar surface area (TPSA) is 142 Å². The van der Waals surface area contributed by atoms with Crippen molar-refractivity contribution < 1.29 is 33.0 Å². The zero-order valence-electron chi connectivity index (χ0n) is 22.8. The van der Waals surface area contributed by atoms with Gasteiger partial charge in [0.05, 0.1) is 36.0 Å². The van der Waals surface area contributed by atoms with Crippen molar-refractivity contribution in [2.45, 2.75) is 32.5 Å². The average molecular weight is 632 g/mol. The fraction of sp³-hybridized carbons (Fsp3) is 0.259. The van der Waals surface area contributed by atoms with E-state index in [2.05, 4.69) is 20.8 Å². The highest BCUT2D eigenvalue weighted by molar-refractivity contribution is 7.99. The van der Waals surface area contributed by atoms with E-state index in [1.54, 1.807) is 42.9 Å². The largest absolute Gasteiger partial charge is 0.462 e. The molecule has 220 valence electrons. The van der Waals surface area contributed by atoms with Crippen molar-refractivity contribution in [2.24, 2.45) is 0 Å². The monoisotopic (exact) mass is 631 g/mol. The van der Waals surface area contributed by atoms with E-state index >= 15 is 0 Å². The number of thioether (sulfide) groups is 1. The molecule has 0 aliphatic carbocycles. The number of nitrogens with one attached hydrogen (secondary N) is 2. The number of carbonyl (C=O) groups excluding carboxylic acids is 4. The summed E-state index contributed by atoms with van der Waals surface area (Å²) >= 11 is 3.27. The lowest BCUT2D eigenvalue weighted by Crippen LogP contribution is -2.24. The molecule has 2 N–H and O–H groups in total. The highest BCUT2D eigenvalue weighted by Crippen LogP contribution is 2.34. The van der Waals surface area contributed by atoms with Crippen molar-refractivity contribution in [2.75, 3.05) is 24.3 Å². The van der Waals surface area contributed by atoms with Crippen molar-refractivity contribution in [3.63, 3.8) is 0 Å². The third-order valence-corrected chi connectivity index (χ3v) is 8.59. The zero-order chi connectivity index (χ0) is 30.2. The Balaban J connectivity index is 1.53. The molecule has 4 rings (SSSR count). The van der Waals surface area contributed by atoms with Gasteiger partial charge in [-0.05, 0) is 62.0 Å². The minimum atomic E-state index is -0.671. The SMILES string of the molecule is CCOC(=O)c1sc(NC(=O)CSc2nnc(CNC(=O)c3cccs3)n2-c2ccc(F)cc2)c(C(=O)OCC)c1C. The first-order valence-electron chi connectivity index (χ1n) is 12.7. The van der Waals surface area contributed by atoms with Crippen LogP contribution in [0.4, 0.5) is 9.39 Å². The molecule has 0 aliphatic rings. The molecule has 0 atom stereocenters. The van der Waals surface area contributed by atoms with E-state index in [1.807, 2.05) is 0 Å². The molecule has 0 radical (unpaired) electrons. The summed E-state index contributed by atoms with van der Waals surface area (Å²) in [4.78, 5) is 51.3. The normalized spacial score (nSPS) is 10.8. The van der Waals surface area contributed by atoms with Crippen LogP contribution < -0.4 is 10.6 Å². The number of halogens is 1. The predicted molar refractivity (Wildman–Crippen MR) is 157 cm³/mol. The van der Waals surface area contributed by atoms with Crippen LogP contribution in [0.25, 0.3) is 5.69 Å². The summed E-state index contributed by atoms with van der Waals surface area (Å²) in [7, 11) is 0. The molecule has 0 bridgehead atoms. The maximum Gasteiger partial charge on any atom is 0.348 e. The first kappa shape index (κ1) is 30.9. The second-order valence-corrected chi connectivity index (χ2v) is 11.3. The van der Waals surface area contributed by atoms with Gasteiger partial charge in [-0.3, -0.25) is 14.2 Å². The number of carbonyl (C=O) groups is 4. The standard InChI is InChI=1S/C27H26FN5O6S3/c1-4-38-25(36)21-15(3)22(26(37)39-5-2)42-24(21)30-20(34)14-41-27-32-31-19(13-29-23(35)18-7-6-12-40-18)33(27)17-10-8-16(28)9-11-17/h6-12H,4-5,13-14H2,1-3H3,(H,29,35)(H,30,34). The number of amides is 2. The number of hydrogen-bond donors (Lipinski definition) is 2. The number of benzene rings is 1. The lowest BCUT2D eigenvalue weighted by molar-refractivity contribution is -0.113. The summed E-state index contributed by atoms with van der Waals surface area (Å²) in [5, 5.41) is 16.1. The van der Waals surface area contributed by atoms with Crippen LogP contribution in [0.1, 0.15) is 54.9 Å². The smallest absolute Gasteiger partial charge is 0.348 e. The number of esters is 2. The third-order valence-electron chi connectivity index (χ3n) is 5.61. The molecule has 15 heteroatoms. The molecular formula is C27H26FN5O6S3. The number of ether oxygens (including phenoxy) is 2. The van der Waals surface area contributed by atoms with Crippen molar-refractivity contribution in [3.05, 3.63) is 74.3 Å². The molecule has 0 spiro atoms. The van der Waals surface area contributed by atoms with E-state index in [0.29, 0.717) is 27.1 Å². The summed E-state index contributed by atoms with van der Waals surface area (Å²) in [5.41, 5.74) is 0.967. The number of hydrogen-bond acceptors (Lipinski definition) is 11. The van der Waals surface area contributed by atoms with E-state index < -0.39 is 23.7 Å². The highest BCUT2D eigenvalue weighted by atomic mass is 32.2. The number of aromatic nitrogens is 3. The summed E-state index contributed by atoms with van der Waals surface area (Å²) in [6.07, 6.45) is 0. The molecule has 0 fully saturated rings. The number of thiophene rings is 2. The first-order chi connectivity index (χ1) is 20.2.